The zero-order chi connectivity index (χ0) is 20.4. The fraction of sp³-hybridized carbons (Fsp3) is 0.652. The van der Waals surface area contributed by atoms with Crippen LogP contribution in [-0.2, 0) is 20.9 Å². The number of carbonyl (C=O) groups is 2. The molecule has 1 aromatic carbocycles. The summed E-state index contributed by atoms with van der Waals surface area (Å²) in [6.07, 6.45) is 7.22. The van der Waals surface area contributed by atoms with Gasteiger partial charge in [-0.3, -0.25) is 9.59 Å². The van der Waals surface area contributed by atoms with Gasteiger partial charge in [-0.25, -0.2) is 4.39 Å². The Bertz CT molecular complexity index is 716. The predicted octanol–water partition coefficient (Wildman–Crippen LogP) is 4.42. The normalized spacial score (nSPS) is 29.7. The molecular weight excluding hydrogens is 389 g/mol. The highest BCUT2D eigenvalue weighted by atomic mass is 32.2. The minimum absolute atomic E-state index is 0.0648. The van der Waals surface area contributed by atoms with Crippen LogP contribution in [0.25, 0.3) is 0 Å². The molecule has 4 nitrogen and oxygen atoms in total. The monoisotopic (exact) mass is 419 g/mol. The summed E-state index contributed by atoms with van der Waals surface area (Å²) in [6, 6.07) is 6.49. The average molecular weight is 420 g/mol. The fourth-order valence-electron chi connectivity index (χ4n) is 6.19. The molecule has 0 unspecified atom stereocenters. The van der Waals surface area contributed by atoms with Crippen LogP contribution in [0.4, 0.5) is 4.39 Å². The van der Waals surface area contributed by atoms with Crippen molar-refractivity contribution in [1.29, 1.82) is 0 Å². The van der Waals surface area contributed by atoms with E-state index in [1.54, 1.807) is 19.1 Å². The van der Waals surface area contributed by atoms with Crippen LogP contribution in [0.3, 0.4) is 0 Å². The zero-order valence-electron chi connectivity index (χ0n) is 17.1. The van der Waals surface area contributed by atoms with Gasteiger partial charge in [-0.05, 0) is 80.9 Å². The van der Waals surface area contributed by atoms with E-state index in [1.807, 2.05) is 0 Å². The van der Waals surface area contributed by atoms with E-state index >= 15 is 0 Å². The van der Waals surface area contributed by atoms with E-state index < -0.39 is 0 Å². The lowest BCUT2D eigenvalue weighted by Gasteiger charge is -2.60. The van der Waals surface area contributed by atoms with E-state index in [-0.39, 0.29) is 34.7 Å². The number of amides is 1. The molecule has 0 aromatic heterocycles. The van der Waals surface area contributed by atoms with Crippen molar-refractivity contribution >= 4 is 23.6 Å². The van der Waals surface area contributed by atoms with Crippen LogP contribution in [0, 0.1) is 23.6 Å². The number of nitrogens with zero attached hydrogens (tertiary/aromatic N) is 1. The van der Waals surface area contributed by atoms with Gasteiger partial charge in [-0.15, -0.1) is 11.8 Å². The van der Waals surface area contributed by atoms with Crippen LogP contribution in [0.15, 0.2) is 24.3 Å². The van der Waals surface area contributed by atoms with Crippen molar-refractivity contribution in [2.24, 2.45) is 17.8 Å². The molecule has 4 aliphatic carbocycles. The molecule has 0 aliphatic heterocycles. The summed E-state index contributed by atoms with van der Waals surface area (Å²) in [4.78, 5) is 27.1. The average Bonchev–Trinajstić information content (AvgIpc) is 2.66. The van der Waals surface area contributed by atoms with Crippen molar-refractivity contribution in [3.8, 4) is 0 Å². The maximum absolute atomic E-state index is 13.4. The Morgan fingerprint density at radius 3 is 2.21 bits per heavy atom. The second kappa shape index (κ2) is 8.66. The van der Waals surface area contributed by atoms with Gasteiger partial charge in [0, 0.05) is 12.1 Å². The van der Waals surface area contributed by atoms with E-state index in [9.17, 15) is 14.0 Å². The number of carbonyl (C=O) groups excluding carboxylic acids is 2. The molecule has 29 heavy (non-hydrogen) atoms. The molecule has 0 spiro atoms. The third-order valence-corrected chi connectivity index (χ3v) is 7.78. The smallest absolute Gasteiger partial charge is 0.315 e. The number of benzene rings is 1. The van der Waals surface area contributed by atoms with Crippen LogP contribution >= 0.6 is 11.8 Å². The van der Waals surface area contributed by atoms with E-state index in [1.165, 1.54) is 43.2 Å². The Morgan fingerprint density at radius 2 is 1.66 bits per heavy atom. The lowest BCUT2D eigenvalue weighted by Crippen LogP contribution is -2.61. The Morgan fingerprint density at radius 1 is 1.07 bits per heavy atom. The summed E-state index contributed by atoms with van der Waals surface area (Å²) >= 11 is 1.33. The van der Waals surface area contributed by atoms with E-state index in [0.717, 1.165) is 42.6 Å². The number of hydrogen-bond donors (Lipinski definition) is 0. The third-order valence-electron chi connectivity index (χ3n) is 6.88. The summed E-state index contributed by atoms with van der Waals surface area (Å²) in [5.41, 5.74) is 0.899. The number of esters is 1. The van der Waals surface area contributed by atoms with Gasteiger partial charge in [0.15, 0.2) is 0 Å². The first-order chi connectivity index (χ1) is 14.0. The van der Waals surface area contributed by atoms with Crippen molar-refractivity contribution in [3.05, 3.63) is 35.6 Å². The standard InChI is InChI=1S/C23H30FNO3S/c1-2-28-22(27)15-29-14-21(26)25(13-16-3-5-20(24)6-4-16)23-10-17-7-18(11-23)9-19(8-17)12-23/h3-6,17-19H,2,7-15H2,1H3. The molecule has 4 bridgehead atoms. The van der Waals surface area contributed by atoms with Gasteiger partial charge in [0.1, 0.15) is 5.82 Å². The topological polar surface area (TPSA) is 46.6 Å². The highest BCUT2D eigenvalue weighted by molar-refractivity contribution is 8.00. The Balaban J connectivity index is 1.50. The molecule has 4 saturated carbocycles. The second-order valence-corrected chi connectivity index (χ2v) is 10.0. The molecule has 0 atom stereocenters. The minimum atomic E-state index is -0.273. The maximum Gasteiger partial charge on any atom is 0.315 e. The van der Waals surface area contributed by atoms with Crippen LogP contribution in [0.5, 0.6) is 0 Å². The molecule has 4 fully saturated rings. The zero-order valence-corrected chi connectivity index (χ0v) is 17.9. The van der Waals surface area contributed by atoms with Gasteiger partial charge in [-0.2, -0.15) is 0 Å². The number of rotatable bonds is 8. The number of halogens is 1. The van der Waals surface area contributed by atoms with Crippen molar-refractivity contribution in [2.75, 3.05) is 18.1 Å². The summed E-state index contributed by atoms with van der Waals surface area (Å²) in [5, 5.41) is 0. The van der Waals surface area contributed by atoms with Gasteiger partial charge < -0.3 is 9.64 Å². The van der Waals surface area contributed by atoms with E-state index in [4.69, 9.17) is 4.74 Å². The highest BCUT2D eigenvalue weighted by Crippen LogP contribution is 2.58. The SMILES string of the molecule is CCOC(=O)CSCC(=O)N(Cc1ccc(F)cc1)C12CC3CC(CC(C3)C1)C2. The van der Waals surface area contributed by atoms with E-state index in [0.29, 0.717) is 13.2 Å². The van der Waals surface area contributed by atoms with Crippen LogP contribution in [0.1, 0.15) is 51.0 Å². The highest BCUT2D eigenvalue weighted by Gasteiger charge is 2.54. The van der Waals surface area contributed by atoms with Crippen LogP contribution < -0.4 is 0 Å². The van der Waals surface area contributed by atoms with Gasteiger partial charge in [0.2, 0.25) is 5.91 Å². The lowest BCUT2D eigenvalue weighted by molar-refractivity contribution is -0.149. The van der Waals surface area contributed by atoms with E-state index in [2.05, 4.69) is 4.90 Å². The summed E-state index contributed by atoms with van der Waals surface area (Å²) < 4.78 is 18.3. The largest absolute Gasteiger partial charge is 0.465 e. The predicted molar refractivity (Wildman–Crippen MR) is 112 cm³/mol. The summed E-state index contributed by atoms with van der Waals surface area (Å²) in [6.45, 7) is 2.66. The first-order valence-electron chi connectivity index (χ1n) is 10.8. The summed E-state index contributed by atoms with van der Waals surface area (Å²) in [5.74, 6) is 2.24. The molecule has 0 N–H and O–H groups in total. The molecule has 1 amide bonds. The van der Waals surface area contributed by atoms with Gasteiger partial charge in [0.05, 0.1) is 18.1 Å². The molecule has 5 rings (SSSR count). The van der Waals surface area contributed by atoms with Crippen LogP contribution in [-0.4, -0.2) is 40.4 Å². The molecular formula is C23H30FNO3S. The van der Waals surface area contributed by atoms with Crippen molar-refractivity contribution in [2.45, 2.75) is 57.5 Å². The Labute approximate surface area is 176 Å². The molecule has 0 radical (unpaired) electrons. The van der Waals surface area contributed by atoms with Crippen molar-refractivity contribution < 1.29 is 18.7 Å². The van der Waals surface area contributed by atoms with Gasteiger partial charge in [-0.1, -0.05) is 12.1 Å². The van der Waals surface area contributed by atoms with Gasteiger partial charge in [0.25, 0.3) is 0 Å². The third kappa shape index (κ3) is 4.62. The van der Waals surface area contributed by atoms with Crippen molar-refractivity contribution in [3.63, 3.8) is 0 Å². The number of ether oxygens (including phenoxy) is 1. The fourth-order valence-corrected chi connectivity index (χ4v) is 6.87. The van der Waals surface area contributed by atoms with Crippen LogP contribution in [0.2, 0.25) is 0 Å². The Kier molecular flexibility index (Phi) is 6.19. The number of thioether (sulfide) groups is 1. The molecule has 158 valence electrons. The quantitative estimate of drug-likeness (QED) is 0.585. The number of hydrogen-bond acceptors (Lipinski definition) is 4. The second-order valence-electron chi connectivity index (χ2n) is 9.05. The lowest BCUT2D eigenvalue weighted by atomic mass is 9.52. The first kappa shape index (κ1) is 20.7. The molecule has 0 heterocycles. The molecule has 0 saturated heterocycles. The van der Waals surface area contributed by atoms with Crippen molar-refractivity contribution in [1.82, 2.24) is 4.90 Å². The minimum Gasteiger partial charge on any atom is -0.465 e. The maximum atomic E-state index is 13.4. The van der Waals surface area contributed by atoms with Gasteiger partial charge >= 0.3 is 5.97 Å². The first-order valence-corrected chi connectivity index (χ1v) is 11.9. The molecule has 4 aliphatic rings. The summed E-state index contributed by atoms with van der Waals surface area (Å²) in [7, 11) is 0. The Hall–Kier alpha value is -1.56. The molecule has 6 heteroatoms. The molecule has 1 aromatic rings.